The van der Waals surface area contributed by atoms with E-state index in [2.05, 4.69) is 5.32 Å². The van der Waals surface area contributed by atoms with Gasteiger partial charge in [-0.15, -0.1) is 0 Å². The Kier molecular flexibility index (Phi) is 6.15. The first-order valence-electron chi connectivity index (χ1n) is 7.41. The van der Waals surface area contributed by atoms with Crippen LogP contribution in [0.4, 0.5) is 5.69 Å². The molecule has 0 heterocycles. The minimum absolute atomic E-state index is 0.342. The fourth-order valence-corrected chi connectivity index (χ4v) is 2.17. The van der Waals surface area contributed by atoms with Gasteiger partial charge in [0, 0.05) is 16.8 Å². The molecular weight excluding hydrogens is 326 g/mol. The summed E-state index contributed by atoms with van der Waals surface area (Å²) in [7, 11) is 0. The highest BCUT2D eigenvalue weighted by molar-refractivity contribution is 6.30. The van der Waals surface area contributed by atoms with Crippen LogP contribution in [0.2, 0.25) is 5.02 Å². The third-order valence-corrected chi connectivity index (χ3v) is 3.63. The number of benzene rings is 2. The lowest BCUT2D eigenvalue weighted by Gasteiger charge is -2.07. The van der Waals surface area contributed by atoms with Crippen molar-refractivity contribution in [2.45, 2.75) is 13.8 Å². The van der Waals surface area contributed by atoms with Gasteiger partial charge in [-0.25, -0.2) is 4.79 Å². The SMILES string of the molecule is Cc1ccc(NC(=O)COC(=O)/C=C/c2cccc(Cl)c2)cc1C. The minimum atomic E-state index is -0.592. The largest absolute Gasteiger partial charge is 0.452 e. The Hall–Kier alpha value is -2.59. The molecule has 1 amide bonds. The Bertz CT molecular complexity index is 784. The molecule has 0 saturated heterocycles. The van der Waals surface area contributed by atoms with E-state index < -0.39 is 5.97 Å². The molecule has 4 nitrogen and oxygen atoms in total. The van der Waals surface area contributed by atoms with Gasteiger partial charge in [0.15, 0.2) is 6.61 Å². The number of carbonyl (C=O) groups is 2. The molecule has 0 saturated carbocycles. The van der Waals surface area contributed by atoms with E-state index in [0.717, 1.165) is 16.7 Å². The summed E-state index contributed by atoms with van der Waals surface area (Å²) in [6.45, 7) is 3.62. The van der Waals surface area contributed by atoms with E-state index in [1.165, 1.54) is 6.08 Å². The second kappa shape index (κ2) is 8.31. The molecule has 0 aromatic heterocycles. The zero-order valence-electron chi connectivity index (χ0n) is 13.5. The second-order valence-electron chi connectivity index (χ2n) is 5.34. The van der Waals surface area contributed by atoms with E-state index in [0.29, 0.717) is 10.7 Å². The molecule has 124 valence electrons. The highest BCUT2D eigenvalue weighted by Crippen LogP contribution is 2.14. The van der Waals surface area contributed by atoms with Gasteiger partial charge in [-0.05, 0) is 60.9 Å². The van der Waals surface area contributed by atoms with Crippen molar-refractivity contribution in [2.24, 2.45) is 0 Å². The molecule has 2 aromatic rings. The van der Waals surface area contributed by atoms with Gasteiger partial charge < -0.3 is 10.1 Å². The van der Waals surface area contributed by atoms with Gasteiger partial charge in [0.25, 0.3) is 5.91 Å². The number of ether oxygens (including phenoxy) is 1. The van der Waals surface area contributed by atoms with Crippen molar-refractivity contribution in [1.29, 1.82) is 0 Å². The number of hydrogen-bond acceptors (Lipinski definition) is 3. The number of nitrogens with one attached hydrogen (secondary N) is 1. The van der Waals surface area contributed by atoms with Crippen molar-refractivity contribution < 1.29 is 14.3 Å². The maximum Gasteiger partial charge on any atom is 0.331 e. The smallest absolute Gasteiger partial charge is 0.331 e. The maximum absolute atomic E-state index is 11.8. The molecule has 0 unspecified atom stereocenters. The molecule has 0 aliphatic carbocycles. The molecule has 5 heteroatoms. The van der Waals surface area contributed by atoms with Crippen LogP contribution < -0.4 is 5.32 Å². The summed E-state index contributed by atoms with van der Waals surface area (Å²) in [5, 5.41) is 3.27. The zero-order chi connectivity index (χ0) is 17.5. The summed E-state index contributed by atoms with van der Waals surface area (Å²) in [5.41, 5.74) is 3.67. The average molecular weight is 344 g/mol. The molecule has 2 aromatic carbocycles. The van der Waals surface area contributed by atoms with Crippen LogP contribution in [0, 0.1) is 13.8 Å². The van der Waals surface area contributed by atoms with Crippen molar-refractivity contribution in [3.63, 3.8) is 0 Å². The quantitative estimate of drug-likeness (QED) is 0.655. The molecule has 0 aliphatic heterocycles. The first-order valence-corrected chi connectivity index (χ1v) is 7.79. The lowest BCUT2D eigenvalue weighted by molar-refractivity contribution is -0.142. The second-order valence-corrected chi connectivity index (χ2v) is 5.78. The summed E-state index contributed by atoms with van der Waals surface area (Å²) in [6.07, 6.45) is 2.84. The third kappa shape index (κ3) is 5.56. The van der Waals surface area contributed by atoms with E-state index in [4.69, 9.17) is 16.3 Å². The molecular formula is C19H18ClNO3. The Labute approximate surface area is 146 Å². The Morgan fingerprint density at radius 2 is 1.92 bits per heavy atom. The molecule has 0 fully saturated rings. The van der Waals surface area contributed by atoms with Gasteiger partial charge in [-0.2, -0.15) is 0 Å². The molecule has 0 bridgehead atoms. The number of anilines is 1. The third-order valence-electron chi connectivity index (χ3n) is 3.40. The first kappa shape index (κ1) is 17.8. The molecule has 2 rings (SSSR count). The van der Waals surface area contributed by atoms with Gasteiger partial charge in [0.05, 0.1) is 0 Å². The molecule has 24 heavy (non-hydrogen) atoms. The molecule has 1 N–H and O–H groups in total. The predicted octanol–water partition coefficient (Wildman–Crippen LogP) is 4.15. The summed E-state index contributed by atoms with van der Waals surface area (Å²) in [6, 6.07) is 12.7. The number of amides is 1. The van der Waals surface area contributed by atoms with Crippen LogP contribution in [0.25, 0.3) is 6.08 Å². The average Bonchev–Trinajstić information content (AvgIpc) is 2.54. The Morgan fingerprint density at radius 1 is 1.12 bits per heavy atom. The van der Waals surface area contributed by atoms with Crippen molar-refractivity contribution >= 4 is 35.2 Å². The molecule has 0 aliphatic rings. The number of halogens is 1. The van der Waals surface area contributed by atoms with Crippen LogP contribution in [0.5, 0.6) is 0 Å². The summed E-state index contributed by atoms with van der Waals surface area (Å²) in [5.74, 6) is -0.979. The van der Waals surface area contributed by atoms with Crippen LogP contribution in [-0.4, -0.2) is 18.5 Å². The van der Waals surface area contributed by atoms with E-state index in [-0.39, 0.29) is 12.5 Å². The topological polar surface area (TPSA) is 55.4 Å². The van der Waals surface area contributed by atoms with Crippen molar-refractivity contribution in [1.82, 2.24) is 0 Å². The monoisotopic (exact) mass is 343 g/mol. The number of esters is 1. The van der Waals surface area contributed by atoms with Crippen LogP contribution in [0.3, 0.4) is 0 Å². The number of rotatable bonds is 5. The van der Waals surface area contributed by atoms with E-state index in [1.54, 1.807) is 30.3 Å². The molecule has 0 radical (unpaired) electrons. The van der Waals surface area contributed by atoms with Gasteiger partial charge in [-0.1, -0.05) is 29.8 Å². The Balaban J connectivity index is 1.82. The van der Waals surface area contributed by atoms with Crippen molar-refractivity contribution in [3.05, 3.63) is 70.3 Å². The summed E-state index contributed by atoms with van der Waals surface area (Å²) < 4.78 is 4.91. The zero-order valence-corrected chi connectivity index (χ0v) is 14.3. The van der Waals surface area contributed by atoms with Gasteiger partial charge in [-0.3, -0.25) is 4.79 Å². The lowest BCUT2D eigenvalue weighted by atomic mass is 10.1. The van der Waals surface area contributed by atoms with Gasteiger partial charge >= 0.3 is 5.97 Å². The van der Waals surface area contributed by atoms with Gasteiger partial charge in [0.2, 0.25) is 0 Å². The summed E-state index contributed by atoms with van der Waals surface area (Å²) >= 11 is 5.86. The molecule has 0 spiro atoms. The van der Waals surface area contributed by atoms with Crippen LogP contribution in [0.1, 0.15) is 16.7 Å². The van der Waals surface area contributed by atoms with Crippen molar-refractivity contribution in [2.75, 3.05) is 11.9 Å². The molecule has 0 atom stereocenters. The van der Waals surface area contributed by atoms with E-state index >= 15 is 0 Å². The number of carbonyl (C=O) groups excluding carboxylic acids is 2. The van der Waals surface area contributed by atoms with E-state index in [9.17, 15) is 9.59 Å². The Morgan fingerprint density at radius 3 is 2.62 bits per heavy atom. The standard InChI is InChI=1S/C19H18ClNO3/c1-13-6-8-17(10-14(13)2)21-18(22)12-24-19(23)9-7-15-4-3-5-16(20)11-15/h3-11H,12H2,1-2H3,(H,21,22)/b9-7+. The van der Waals surface area contributed by atoms with Crippen LogP contribution in [-0.2, 0) is 14.3 Å². The normalized spacial score (nSPS) is 10.6. The predicted molar refractivity (Wildman–Crippen MR) is 96.0 cm³/mol. The highest BCUT2D eigenvalue weighted by Gasteiger charge is 2.06. The fraction of sp³-hybridized carbons (Fsp3) is 0.158. The lowest BCUT2D eigenvalue weighted by Crippen LogP contribution is -2.20. The summed E-state index contributed by atoms with van der Waals surface area (Å²) in [4.78, 5) is 23.4. The number of aryl methyl sites for hydroxylation is 2. The van der Waals surface area contributed by atoms with Gasteiger partial charge in [0.1, 0.15) is 0 Å². The first-order chi connectivity index (χ1) is 11.4. The van der Waals surface area contributed by atoms with Crippen LogP contribution >= 0.6 is 11.6 Å². The maximum atomic E-state index is 11.8. The minimum Gasteiger partial charge on any atom is -0.452 e. The van der Waals surface area contributed by atoms with E-state index in [1.807, 2.05) is 32.0 Å². The van der Waals surface area contributed by atoms with Crippen LogP contribution in [0.15, 0.2) is 48.5 Å². The number of hydrogen-bond donors (Lipinski definition) is 1. The van der Waals surface area contributed by atoms with Crippen molar-refractivity contribution in [3.8, 4) is 0 Å². The highest BCUT2D eigenvalue weighted by atomic mass is 35.5. The fourth-order valence-electron chi connectivity index (χ4n) is 1.98.